The van der Waals surface area contributed by atoms with Gasteiger partial charge in [-0.3, -0.25) is 0 Å². The van der Waals surface area contributed by atoms with Crippen molar-refractivity contribution in [1.29, 1.82) is 0 Å². The molecule has 0 nitrogen and oxygen atoms in total. The van der Waals surface area contributed by atoms with Crippen LogP contribution in [0, 0.1) is 21.7 Å². The van der Waals surface area contributed by atoms with Crippen molar-refractivity contribution in [2.24, 2.45) is 21.7 Å². The highest BCUT2D eigenvalue weighted by Crippen LogP contribution is 2.58. The summed E-state index contributed by atoms with van der Waals surface area (Å²) in [6.07, 6.45) is 7.85. The van der Waals surface area contributed by atoms with E-state index < -0.39 is 0 Å². The molecule has 2 heterocycles. The van der Waals surface area contributed by atoms with Crippen molar-refractivity contribution in [3.8, 4) is 0 Å². The van der Waals surface area contributed by atoms with E-state index in [0.717, 1.165) is 11.5 Å². The van der Waals surface area contributed by atoms with E-state index in [0.29, 0.717) is 35.1 Å². The second kappa shape index (κ2) is 11.4. The van der Waals surface area contributed by atoms with Gasteiger partial charge in [-0.15, -0.1) is 23.5 Å². The second-order valence-electron chi connectivity index (χ2n) is 15.5. The zero-order valence-corrected chi connectivity index (χ0v) is 28.0. The number of allylic oxidation sites excluding steroid dienone is 2. The van der Waals surface area contributed by atoms with Crippen molar-refractivity contribution < 1.29 is 0 Å². The fourth-order valence-electron chi connectivity index (χ4n) is 7.77. The van der Waals surface area contributed by atoms with Gasteiger partial charge in [0.05, 0.1) is 0 Å². The Balaban J connectivity index is 1.58. The van der Waals surface area contributed by atoms with E-state index in [4.69, 9.17) is 0 Å². The van der Waals surface area contributed by atoms with Crippen LogP contribution in [-0.2, 0) is 0 Å². The predicted octanol–water partition coefficient (Wildman–Crippen LogP) is 11.2. The van der Waals surface area contributed by atoms with Gasteiger partial charge in [0.1, 0.15) is 0 Å². The van der Waals surface area contributed by atoms with Crippen molar-refractivity contribution in [1.82, 2.24) is 0 Å². The van der Waals surface area contributed by atoms with Gasteiger partial charge in [0.2, 0.25) is 0 Å². The molecule has 0 N–H and O–H groups in total. The lowest BCUT2D eigenvalue weighted by molar-refractivity contribution is 0.177. The van der Waals surface area contributed by atoms with E-state index in [-0.39, 0.29) is 0 Å². The van der Waals surface area contributed by atoms with Gasteiger partial charge in [0.15, 0.2) is 13.4 Å². The van der Waals surface area contributed by atoms with E-state index >= 15 is 0 Å². The van der Waals surface area contributed by atoms with Crippen LogP contribution in [0.5, 0.6) is 0 Å². The summed E-state index contributed by atoms with van der Waals surface area (Å²) in [5, 5.41) is 0. The van der Waals surface area contributed by atoms with Crippen LogP contribution >= 0.6 is 23.5 Å². The maximum absolute atomic E-state index is 2.52. The van der Waals surface area contributed by atoms with Crippen LogP contribution < -0.4 is 0 Å². The maximum atomic E-state index is 2.52. The minimum Gasteiger partial charge on any atom is -0.121 e. The molecular weight excluding hydrogens is 518 g/mol. The Hall–Kier alpha value is -1.25. The number of benzene rings is 2. The highest BCUT2D eigenvalue weighted by molar-refractivity contribution is 8.00. The lowest BCUT2D eigenvalue weighted by atomic mass is 9.35. The number of hydrogen-bond donors (Lipinski definition) is 0. The normalized spacial score (nSPS) is 23.3. The minimum absolute atomic E-state index is 0.380. The van der Waals surface area contributed by atoms with Crippen molar-refractivity contribution in [3.63, 3.8) is 0 Å². The Labute approximate surface area is 255 Å². The summed E-state index contributed by atoms with van der Waals surface area (Å²) in [7, 11) is 0. The first kappa shape index (κ1) is 30.2. The van der Waals surface area contributed by atoms with Crippen LogP contribution in [0.4, 0.5) is 0 Å². The van der Waals surface area contributed by atoms with Crippen molar-refractivity contribution in [2.75, 3.05) is 11.5 Å². The van der Waals surface area contributed by atoms with Crippen molar-refractivity contribution in [3.05, 3.63) is 82.8 Å². The number of rotatable bonds is 8. The van der Waals surface area contributed by atoms with Gasteiger partial charge in [-0.25, -0.2) is 0 Å². The molecule has 0 saturated carbocycles. The highest BCUT2D eigenvalue weighted by atomic mass is 32.2. The molecule has 212 valence electrons. The fraction of sp³-hybridized carbons (Fsp3) is 0.556. The molecule has 3 aliphatic rings. The summed E-state index contributed by atoms with van der Waals surface area (Å²) >= 11 is 4.12. The SMILES string of the molecule is CC1(C)CB(C2=C(CSc3ccccc3)C(CSc3ccccc3)=C(B3CC(C)(C)C(C)(C)C3)CC2)CC1(C)C. The van der Waals surface area contributed by atoms with Crippen molar-refractivity contribution >= 4 is 36.9 Å². The number of hydrogen-bond acceptors (Lipinski definition) is 2. The maximum Gasteiger partial charge on any atom is 0.172 e. The Kier molecular flexibility index (Phi) is 8.64. The van der Waals surface area contributed by atoms with Gasteiger partial charge in [-0.2, -0.15) is 0 Å². The molecule has 2 aliphatic heterocycles. The predicted molar refractivity (Wildman–Crippen MR) is 183 cm³/mol. The molecule has 0 amide bonds. The molecule has 0 bridgehead atoms. The minimum atomic E-state index is 0.380. The topological polar surface area (TPSA) is 0 Å². The van der Waals surface area contributed by atoms with E-state index in [1.165, 1.54) is 47.9 Å². The Morgan fingerprint density at radius 1 is 0.500 bits per heavy atom. The summed E-state index contributed by atoms with van der Waals surface area (Å²) in [5.41, 5.74) is 8.58. The molecule has 0 radical (unpaired) electrons. The summed E-state index contributed by atoms with van der Waals surface area (Å²) in [4.78, 5) is 2.79. The standard InChI is InChI=1S/C36H50B2S2/c1-33(2)23-37(24-34(33,3)4)31-19-20-32(38-25-35(5,6)36(7,8)26-38)30(22-40-28-17-13-10-14-18-28)29(31)21-39-27-15-11-9-12-16-27/h9-18H,19-26H2,1-8H3. The zero-order valence-electron chi connectivity index (χ0n) is 26.4. The summed E-state index contributed by atoms with van der Waals surface area (Å²) in [5.74, 6) is 2.20. The van der Waals surface area contributed by atoms with Crippen molar-refractivity contribution in [2.45, 2.75) is 103 Å². The van der Waals surface area contributed by atoms with Crippen LogP contribution in [0.2, 0.25) is 25.3 Å². The summed E-state index contributed by atoms with van der Waals surface area (Å²) < 4.78 is 0. The zero-order chi connectivity index (χ0) is 28.8. The molecule has 0 atom stereocenters. The van der Waals surface area contributed by atoms with Gasteiger partial charge in [0.25, 0.3) is 0 Å². The van der Waals surface area contributed by atoms with E-state index in [1.807, 2.05) is 10.9 Å². The Bertz CT molecular complexity index is 1120. The molecule has 0 spiro atoms. The molecular formula is C36H50B2S2. The number of thioether (sulfide) groups is 2. The lowest BCUT2D eigenvalue weighted by Crippen LogP contribution is -2.26. The van der Waals surface area contributed by atoms with Gasteiger partial charge in [0, 0.05) is 21.3 Å². The third-order valence-electron chi connectivity index (χ3n) is 11.7. The van der Waals surface area contributed by atoms with E-state index in [1.54, 1.807) is 11.1 Å². The third-order valence-corrected chi connectivity index (χ3v) is 13.8. The van der Waals surface area contributed by atoms with Gasteiger partial charge in [-0.1, -0.05) is 128 Å². The first-order valence-electron chi connectivity index (χ1n) is 15.6. The monoisotopic (exact) mass is 568 g/mol. The fourth-order valence-corrected chi connectivity index (χ4v) is 9.81. The Morgan fingerprint density at radius 2 is 0.800 bits per heavy atom. The van der Waals surface area contributed by atoms with E-state index in [9.17, 15) is 0 Å². The molecule has 40 heavy (non-hydrogen) atoms. The molecule has 2 aromatic rings. The quantitative estimate of drug-likeness (QED) is 0.230. The second-order valence-corrected chi connectivity index (χ2v) is 17.6. The average Bonchev–Trinajstić information content (AvgIpc) is 3.26. The molecule has 2 aromatic carbocycles. The molecule has 0 unspecified atom stereocenters. The lowest BCUT2D eigenvalue weighted by Gasteiger charge is -2.35. The highest BCUT2D eigenvalue weighted by Gasteiger charge is 2.51. The summed E-state index contributed by atoms with van der Waals surface area (Å²) in [6.45, 7) is 21.6. The van der Waals surface area contributed by atoms with Crippen LogP contribution in [0.1, 0.15) is 68.2 Å². The molecule has 2 saturated heterocycles. The molecule has 4 heteroatoms. The van der Waals surface area contributed by atoms with Crippen LogP contribution in [0.15, 0.2) is 92.5 Å². The molecule has 1 aliphatic carbocycles. The van der Waals surface area contributed by atoms with Crippen LogP contribution in [-0.4, -0.2) is 24.9 Å². The Morgan fingerprint density at radius 3 is 1.10 bits per heavy atom. The van der Waals surface area contributed by atoms with Gasteiger partial charge >= 0.3 is 0 Å². The van der Waals surface area contributed by atoms with Crippen LogP contribution in [0.25, 0.3) is 0 Å². The van der Waals surface area contributed by atoms with Gasteiger partial charge < -0.3 is 0 Å². The largest absolute Gasteiger partial charge is 0.172 e. The van der Waals surface area contributed by atoms with Crippen LogP contribution in [0.3, 0.4) is 0 Å². The first-order valence-corrected chi connectivity index (χ1v) is 17.6. The average molecular weight is 569 g/mol. The summed E-state index contributed by atoms with van der Waals surface area (Å²) in [6, 6.07) is 22.2. The van der Waals surface area contributed by atoms with E-state index in [2.05, 4.69) is 140 Å². The molecule has 2 fully saturated rings. The molecule has 5 rings (SSSR count). The molecule has 0 aromatic heterocycles. The smallest absolute Gasteiger partial charge is 0.121 e. The first-order chi connectivity index (χ1) is 18.8. The third kappa shape index (κ3) is 6.10. The van der Waals surface area contributed by atoms with Gasteiger partial charge in [-0.05, 0) is 69.9 Å².